The van der Waals surface area contributed by atoms with Gasteiger partial charge < -0.3 is 19.5 Å². The van der Waals surface area contributed by atoms with Crippen LogP contribution in [0.25, 0.3) is 0 Å². The number of hydrogen-bond acceptors (Lipinski definition) is 4. The minimum atomic E-state index is 0.264. The highest BCUT2D eigenvalue weighted by Gasteiger charge is 2.57. The largest absolute Gasteiger partial charge is 0.377 e. The van der Waals surface area contributed by atoms with E-state index in [0.717, 1.165) is 39.4 Å². The fraction of sp³-hybridized carbons (Fsp3) is 1.00. The quantitative estimate of drug-likeness (QED) is 0.757. The molecule has 0 aromatic heterocycles. The molecule has 2 aliphatic heterocycles. The molecule has 2 heterocycles. The van der Waals surface area contributed by atoms with Crippen LogP contribution < -0.4 is 5.32 Å². The van der Waals surface area contributed by atoms with E-state index in [1.165, 1.54) is 19.3 Å². The summed E-state index contributed by atoms with van der Waals surface area (Å²) in [6, 6.07) is 0.583. The lowest BCUT2D eigenvalue weighted by Gasteiger charge is -2.60. The molecule has 20 heavy (non-hydrogen) atoms. The molecule has 0 aromatic rings. The van der Waals surface area contributed by atoms with E-state index in [4.69, 9.17) is 14.2 Å². The molecule has 0 radical (unpaired) electrons. The Morgan fingerprint density at radius 1 is 1.15 bits per heavy atom. The summed E-state index contributed by atoms with van der Waals surface area (Å²) in [5, 5.41) is 3.69. The van der Waals surface area contributed by atoms with E-state index in [-0.39, 0.29) is 5.41 Å². The Labute approximate surface area is 122 Å². The second kappa shape index (κ2) is 6.30. The maximum Gasteiger partial charge on any atom is 0.0809 e. The van der Waals surface area contributed by atoms with Crippen LogP contribution in [-0.4, -0.2) is 51.2 Å². The van der Waals surface area contributed by atoms with Gasteiger partial charge in [-0.3, -0.25) is 0 Å². The minimum Gasteiger partial charge on any atom is -0.377 e. The number of nitrogens with one attached hydrogen (secondary N) is 1. The highest BCUT2D eigenvalue weighted by molar-refractivity contribution is 5.10. The van der Waals surface area contributed by atoms with Crippen molar-refractivity contribution in [1.82, 2.24) is 5.32 Å². The van der Waals surface area contributed by atoms with Crippen LogP contribution in [0.4, 0.5) is 0 Å². The first-order chi connectivity index (χ1) is 9.69. The van der Waals surface area contributed by atoms with Gasteiger partial charge in [-0.25, -0.2) is 0 Å². The maximum absolute atomic E-state index is 5.93. The molecule has 4 atom stereocenters. The van der Waals surface area contributed by atoms with Crippen molar-refractivity contribution in [3.8, 4) is 0 Å². The van der Waals surface area contributed by atoms with Crippen LogP contribution in [-0.2, 0) is 14.2 Å². The van der Waals surface area contributed by atoms with Gasteiger partial charge in [0.2, 0.25) is 0 Å². The summed E-state index contributed by atoms with van der Waals surface area (Å²) in [5.41, 5.74) is 0.264. The summed E-state index contributed by atoms with van der Waals surface area (Å²) >= 11 is 0. The van der Waals surface area contributed by atoms with Gasteiger partial charge in [0.15, 0.2) is 0 Å². The Bertz CT molecular complexity index is 315. The fourth-order valence-corrected chi connectivity index (χ4v) is 4.21. The van der Waals surface area contributed by atoms with Gasteiger partial charge in [-0.05, 0) is 25.7 Å². The van der Waals surface area contributed by atoms with Crippen molar-refractivity contribution >= 4 is 0 Å². The molecule has 0 aromatic carbocycles. The van der Waals surface area contributed by atoms with Gasteiger partial charge >= 0.3 is 0 Å². The van der Waals surface area contributed by atoms with Crippen molar-refractivity contribution in [2.24, 2.45) is 11.3 Å². The first kappa shape index (κ1) is 14.8. The van der Waals surface area contributed by atoms with E-state index < -0.39 is 0 Å². The van der Waals surface area contributed by atoms with Crippen LogP contribution in [0.5, 0.6) is 0 Å². The average Bonchev–Trinajstić information content (AvgIpc) is 2.95. The molecule has 0 bridgehead atoms. The zero-order chi connectivity index (χ0) is 14.0. The normalized spacial score (nSPS) is 39.3. The molecule has 3 aliphatic rings. The van der Waals surface area contributed by atoms with E-state index in [0.29, 0.717) is 24.2 Å². The molecule has 2 saturated heterocycles. The number of hydrogen-bond donors (Lipinski definition) is 1. The zero-order valence-corrected chi connectivity index (χ0v) is 12.9. The van der Waals surface area contributed by atoms with Gasteiger partial charge in [0.25, 0.3) is 0 Å². The van der Waals surface area contributed by atoms with Crippen molar-refractivity contribution in [2.45, 2.75) is 57.8 Å². The first-order valence-corrected chi connectivity index (χ1v) is 8.24. The Hall–Kier alpha value is -0.160. The molecular formula is C16H29NO3. The molecule has 1 N–H and O–H groups in total. The van der Waals surface area contributed by atoms with Gasteiger partial charge in [-0.15, -0.1) is 0 Å². The molecule has 1 aliphatic carbocycles. The van der Waals surface area contributed by atoms with Crippen LogP contribution in [0.15, 0.2) is 0 Å². The minimum absolute atomic E-state index is 0.264. The highest BCUT2D eigenvalue weighted by Crippen LogP contribution is 2.51. The smallest absolute Gasteiger partial charge is 0.0809 e. The van der Waals surface area contributed by atoms with Crippen LogP contribution in [0, 0.1) is 11.3 Å². The Balaban J connectivity index is 1.33. The van der Waals surface area contributed by atoms with Crippen LogP contribution in [0.2, 0.25) is 0 Å². The first-order valence-electron chi connectivity index (χ1n) is 8.24. The molecule has 116 valence electrons. The summed E-state index contributed by atoms with van der Waals surface area (Å²) in [5.74, 6) is 0.705. The van der Waals surface area contributed by atoms with E-state index in [1.807, 2.05) is 0 Å². The molecule has 1 saturated carbocycles. The van der Waals surface area contributed by atoms with Gasteiger partial charge in [0.1, 0.15) is 0 Å². The van der Waals surface area contributed by atoms with Gasteiger partial charge in [0, 0.05) is 37.1 Å². The number of fused-ring (bicyclic) bond motifs is 1. The van der Waals surface area contributed by atoms with Gasteiger partial charge in [-0.1, -0.05) is 13.8 Å². The van der Waals surface area contributed by atoms with Crippen LogP contribution in [0.3, 0.4) is 0 Å². The molecule has 4 heteroatoms. The van der Waals surface area contributed by atoms with Crippen molar-refractivity contribution in [3.05, 3.63) is 0 Å². The standard InChI is InChI=1S/C16H29NO3/c1-16(2)14(13-6-4-9-20-15(13)16)17-7-10-18-11-12-5-3-8-19-12/h12-15,17H,3-11H2,1-2H3/t12-,13-,14+,15-/m0/s1. The topological polar surface area (TPSA) is 39.7 Å². The lowest BCUT2D eigenvalue weighted by molar-refractivity contribution is -0.193. The molecule has 4 nitrogen and oxygen atoms in total. The monoisotopic (exact) mass is 283 g/mol. The predicted molar refractivity (Wildman–Crippen MR) is 77.8 cm³/mol. The lowest BCUT2D eigenvalue weighted by Crippen LogP contribution is -2.69. The fourth-order valence-electron chi connectivity index (χ4n) is 4.21. The Kier molecular flexibility index (Phi) is 4.65. The third-order valence-electron chi connectivity index (χ3n) is 5.27. The molecular weight excluding hydrogens is 254 g/mol. The SMILES string of the molecule is CC1(C)[C@H](NCCOC[C@@H]2CCCO2)[C@@H]2CCCO[C@@H]21. The van der Waals surface area contributed by atoms with Crippen molar-refractivity contribution in [3.63, 3.8) is 0 Å². The van der Waals surface area contributed by atoms with E-state index in [9.17, 15) is 0 Å². The lowest BCUT2D eigenvalue weighted by atomic mass is 9.55. The molecule has 3 rings (SSSR count). The summed E-state index contributed by atoms with van der Waals surface area (Å²) < 4.78 is 17.2. The van der Waals surface area contributed by atoms with E-state index in [2.05, 4.69) is 19.2 Å². The third-order valence-corrected chi connectivity index (χ3v) is 5.27. The molecule has 3 fully saturated rings. The second-order valence-electron chi connectivity index (χ2n) is 7.06. The summed E-state index contributed by atoms with van der Waals surface area (Å²) in [6.07, 6.45) is 5.66. The van der Waals surface area contributed by atoms with E-state index >= 15 is 0 Å². The second-order valence-corrected chi connectivity index (χ2v) is 7.06. The highest BCUT2D eigenvalue weighted by atomic mass is 16.5. The third kappa shape index (κ3) is 2.89. The van der Waals surface area contributed by atoms with Crippen LogP contribution >= 0.6 is 0 Å². The van der Waals surface area contributed by atoms with E-state index in [1.54, 1.807) is 0 Å². The van der Waals surface area contributed by atoms with Crippen molar-refractivity contribution in [1.29, 1.82) is 0 Å². The van der Waals surface area contributed by atoms with Gasteiger partial charge in [-0.2, -0.15) is 0 Å². The molecule has 0 amide bonds. The average molecular weight is 283 g/mol. The predicted octanol–water partition coefficient (Wildman–Crippen LogP) is 1.98. The van der Waals surface area contributed by atoms with Crippen molar-refractivity contribution in [2.75, 3.05) is 33.0 Å². The maximum atomic E-state index is 5.93. The van der Waals surface area contributed by atoms with Crippen molar-refractivity contribution < 1.29 is 14.2 Å². The molecule has 0 spiro atoms. The van der Waals surface area contributed by atoms with Crippen LogP contribution in [0.1, 0.15) is 39.5 Å². The Morgan fingerprint density at radius 2 is 1.95 bits per heavy atom. The van der Waals surface area contributed by atoms with Gasteiger partial charge in [0.05, 0.1) is 25.4 Å². The Morgan fingerprint density at radius 3 is 2.75 bits per heavy atom. The zero-order valence-electron chi connectivity index (χ0n) is 12.9. The molecule has 0 unspecified atom stereocenters. The number of rotatable bonds is 6. The summed E-state index contributed by atoms with van der Waals surface area (Å²) in [4.78, 5) is 0. The number of ether oxygens (including phenoxy) is 3. The summed E-state index contributed by atoms with van der Waals surface area (Å²) in [7, 11) is 0. The summed E-state index contributed by atoms with van der Waals surface area (Å²) in [6.45, 7) is 8.97.